The van der Waals surface area contributed by atoms with Crippen LogP contribution < -0.4 is 14.8 Å². The van der Waals surface area contributed by atoms with Gasteiger partial charge in [-0.1, -0.05) is 32.3 Å². The molecular formula is C20H29NO5. The summed E-state index contributed by atoms with van der Waals surface area (Å²) in [6.45, 7) is 2.11. The first-order chi connectivity index (χ1) is 12.5. The lowest BCUT2D eigenvalue weighted by Crippen LogP contribution is -2.45. The summed E-state index contributed by atoms with van der Waals surface area (Å²) in [6, 6.07) is 5.59. The molecule has 0 bridgehead atoms. The van der Waals surface area contributed by atoms with Gasteiger partial charge in [-0.15, -0.1) is 0 Å². The van der Waals surface area contributed by atoms with E-state index in [9.17, 15) is 14.7 Å². The lowest BCUT2D eigenvalue weighted by molar-refractivity contribution is -0.142. The standard InChI is InChI=1S/C20H29NO5/c1-4-7-14(18(22)23)13-21-19(24)20(10-5-6-11-20)15-8-9-16(25-2)17(12-15)26-3/h8-9,12,14H,4-7,10-11,13H2,1-3H3,(H,21,24)(H,22,23). The fraction of sp³-hybridized carbons (Fsp3) is 0.600. The number of carboxylic acid groups (broad SMARTS) is 1. The van der Waals surface area contributed by atoms with Crippen molar-refractivity contribution in [3.05, 3.63) is 23.8 Å². The van der Waals surface area contributed by atoms with E-state index in [-0.39, 0.29) is 12.5 Å². The van der Waals surface area contributed by atoms with Crippen molar-refractivity contribution in [1.82, 2.24) is 5.32 Å². The summed E-state index contributed by atoms with van der Waals surface area (Å²) in [6.07, 6.45) is 4.77. The summed E-state index contributed by atoms with van der Waals surface area (Å²) >= 11 is 0. The van der Waals surface area contributed by atoms with Crippen LogP contribution in [0.15, 0.2) is 18.2 Å². The highest BCUT2D eigenvalue weighted by Gasteiger charge is 2.43. The number of carbonyl (C=O) groups is 2. The molecule has 1 aromatic carbocycles. The second kappa shape index (κ2) is 8.92. The Morgan fingerprint density at radius 2 is 1.85 bits per heavy atom. The van der Waals surface area contributed by atoms with E-state index >= 15 is 0 Å². The minimum absolute atomic E-state index is 0.0930. The van der Waals surface area contributed by atoms with Crippen molar-refractivity contribution in [2.45, 2.75) is 50.9 Å². The average molecular weight is 363 g/mol. The van der Waals surface area contributed by atoms with Crippen LogP contribution in [-0.2, 0) is 15.0 Å². The molecule has 0 radical (unpaired) electrons. The molecule has 1 aromatic rings. The molecule has 2 N–H and O–H groups in total. The molecule has 0 heterocycles. The molecule has 1 aliphatic rings. The minimum atomic E-state index is -0.862. The summed E-state index contributed by atoms with van der Waals surface area (Å²) in [4.78, 5) is 24.4. The zero-order valence-corrected chi connectivity index (χ0v) is 15.8. The smallest absolute Gasteiger partial charge is 0.308 e. The largest absolute Gasteiger partial charge is 0.493 e. The van der Waals surface area contributed by atoms with Crippen LogP contribution in [0.5, 0.6) is 11.5 Å². The molecule has 0 aliphatic heterocycles. The second-order valence-electron chi connectivity index (χ2n) is 6.89. The monoisotopic (exact) mass is 363 g/mol. The maximum Gasteiger partial charge on any atom is 0.308 e. The van der Waals surface area contributed by atoms with E-state index in [1.807, 2.05) is 25.1 Å². The zero-order valence-electron chi connectivity index (χ0n) is 15.8. The molecule has 0 spiro atoms. The molecule has 1 saturated carbocycles. The molecule has 26 heavy (non-hydrogen) atoms. The van der Waals surface area contributed by atoms with Gasteiger partial charge in [0.05, 0.1) is 25.6 Å². The first kappa shape index (κ1) is 20.1. The number of nitrogens with one attached hydrogen (secondary N) is 1. The molecule has 2 rings (SSSR count). The Hall–Kier alpha value is -2.24. The van der Waals surface area contributed by atoms with Crippen LogP contribution in [0.25, 0.3) is 0 Å². The third-order valence-electron chi connectivity index (χ3n) is 5.32. The van der Waals surface area contributed by atoms with Crippen molar-refractivity contribution in [3.63, 3.8) is 0 Å². The average Bonchev–Trinajstić information content (AvgIpc) is 3.15. The number of aliphatic carboxylic acids is 1. The Kier molecular flexibility index (Phi) is 6.89. The van der Waals surface area contributed by atoms with Crippen LogP contribution in [0.2, 0.25) is 0 Å². The van der Waals surface area contributed by atoms with E-state index in [0.29, 0.717) is 17.9 Å². The molecule has 6 nitrogen and oxygen atoms in total. The van der Waals surface area contributed by atoms with Crippen LogP contribution in [0, 0.1) is 5.92 Å². The van der Waals surface area contributed by atoms with E-state index in [2.05, 4.69) is 5.32 Å². The highest BCUT2D eigenvalue weighted by molar-refractivity contribution is 5.89. The van der Waals surface area contributed by atoms with Crippen molar-refractivity contribution < 1.29 is 24.2 Å². The van der Waals surface area contributed by atoms with Gasteiger partial charge in [-0.2, -0.15) is 0 Å². The molecule has 1 unspecified atom stereocenters. The third-order valence-corrected chi connectivity index (χ3v) is 5.32. The maximum atomic E-state index is 13.1. The SMILES string of the molecule is CCCC(CNC(=O)C1(c2ccc(OC)c(OC)c2)CCCC1)C(=O)O. The Bertz CT molecular complexity index is 637. The molecule has 0 saturated heterocycles. The number of hydrogen-bond donors (Lipinski definition) is 2. The van der Waals surface area contributed by atoms with E-state index in [4.69, 9.17) is 9.47 Å². The summed E-state index contributed by atoms with van der Waals surface area (Å²) in [7, 11) is 3.15. The predicted molar refractivity (Wildman–Crippen MR) is 98.7 cm³/mol. The first-order valence-corrected chi connectivity index (χ1v) is 9.22. The molecule has 0 aromatic heterocycles. The first-order valence-electron chi connectivity index (χ1n) is 9.22. The van der Waals surface area contributed by atoms with Crippen LogP contribution in [0.3, 0.4) is 0 Å². The number of carbonyl (C=O) groups excluding carboxylic acids is 1. The van der Waals surface area contributed by atoms with Crippen molar-refractivity contribution in [2.75, 3.05) is 20.8 Å². The Morgan fingerprint density at radius 3 is 2.38 bits per heavy atom. The van der Waals surface area contributed by atoms with Crippen LogP contribution in [0.4, 0.5) is 0 Å². The number of benzene rings is 1. The Morgan fingerprint density at radius 1 is 1.19 bits per heavy atom. The highest BCUT2D eigenvalue weighted by Crippen LogP contribution is 2.44. The summed E-state index contributed by atoms with van der Waals surface area (Å²) in [5.41, 5.74) is 0.266. The van der Waals surface area contributed by atoms with E-state index in [1.165, 1.54) is 0 Å². The fourth-order valence-electron chi connectivity index (χ4n) is 3.81. The molecule has 6 heteroatoms. The topological polar surface area (TPSA) is 84.9 Å². The maximum absolute atomic E-state index is 13.1. The quantitative estimate of drug-likeness (QED) is 0.704. The second-order valence-corrected chi connectivity index (χ2v) is 6.89. The van der Waals surface area contributed by atoms with Crippen molar-refractivity contribution in [3.8, 4) is 11.5 Å². The zero-order chi connectivity index (χ0) is 19.2. The van der Waals surface area contributed by atoms with Crippen molar-refractivity contribution in [1.29, 1.82) is 0 Å². The third kappa shape index (κ3) is 4.11. The highest BCUT2D eigenvalue weighted by atomic mass is 16.5. The fourth-order valence-corrected chi connectivity index (χ4v) is 3.81. The number of rotatable bonds is 9. The van der Waals surface area contributed by atoms with Gasteiger partial charge < -0.3 is 19.9 Å². The van der Waals surface area contributed by atoms with Gasteiger partial charge in [-0.05, 0) is 37.0 Å². The Balaban J connectivity index is 2.24. The van der Waals surface area contributed by atoms with Gasteiger partial charge in [0.2, 0.25) is 5.91 Å². The number of methoxy groups -OCH3 is 2. The number of carboxylic acids is 1. The number of hydrogen-bond acceptors (Lipinski definition) is 4. The number of ether oxygens (including phenoxy) is 2. The summed E-state index contributed by atoms with van der Waals surface area (Å²) < 4.78 is 10.7. The van der Waals surface area contributed by atoms with E-state index in [0.717, 1.165) is 37.7 Å². The van der Waals surface area contributed by atoms with Gasteiger partial charge in [0.25, 0.3) is 0 Å². The van der Waals surface area contributed by atoms with Gasteiger partial charge in [0.15, 0.2) is 11.5 Å². The van der Waals surface area contributed by atoms with Crippen LogP contribution in [0.1, 0.15) is 51.0 Å². The molecular weight excluding hydrogens is 334 g/mol. The molecule has 1 fully saturated rings. The van der Waals surface area contributed by atoms with Gasteiger partial charge in [0.1, 0.15) is 0 Å². The Labute approximate surface area is 154 Å². The van der Waals surface area contributed by atoms with Crippen molar-refractivity contribution >= 4 is 11.9 Å². The van der Waals surface area contributed by atoms with Gasteiger partial charge >= 0.3 is 5.97 Å². The summed E-state index contributed by atoms with van der Waals surface area (Å²) in [5, 5.41) is 12.2. The van der Waals surface area contributed by atoms with Crippen LogP contribution in [-0.4, -0.2) is 37.7 Å². The molecule has 1 aliphatic carbocycles. The normalized spacial score (nSPS) is 16.7. The minimum Gasteiger partial charge on any atom is -0.493 e. The van der Waals surface area contributed by atoms with E-state index < -0.39 is 17.3 Å². The van der Waals surface area contributed by atoms with E-state index in [1.54, 1.807) is 14.2 Å². The van der Waals surface area contributed by atoms with Gasteiger partial charge in [-0.3, -0.25) is 9.59 Å². The summed E-state index contributed by atoms with van der Waals surface area (Å²) in [5.74, 6) is -0.284. The number of amides is 1. The molecule has 144 valence electrons. The van der Waals surface area contributed by atoms with Gasteiger partial charge in [-0.25, -0.2) is 0 Å². The van der Waals surface area contributed by atoms with Crippen molar-refractivity contribution in [2.24, 2.45) is 5.92 Å². The lowest BCUT2D eigenvalue weighted by Gasteiger charge is -2.29. The lowest BCUT2D eigenvalue weighted by atomic mass is 9.77. The predicted octanol–water partition coefficient (Wildman–Crippen LogP) is 3.13. The molecule has 1 atom stereocenters. The molecule has 1 amide bonds. The van der Waals surface area contributed by atoms with Crippen LogP contribution >= 0.6 is 0 Å². The van der Waals surface area contributed by atoms with Gasteiger partial charge in [0, 0.05) is 6.54 Å².